The second-order valence-electron chi connectivity index (χ2n) is 7.75. The van der Waals surface area contributed by atoms with Crippen LogP contribution in [0.25, 0.3) is 5.65 Å². The molecule has 1 N–H and O–H groups in total. The predicted molar refractivity (Wildman–Crippen MR) is 124 cm³/mol. The fraction of sp³-hybridized carbons (Fsp3) is 0.261. The summed E-state index contributed by atoms with van der Waals surface area (Å²) >= 11 is 0. The van der Waals surface area contributed by atoms with Gasteiger partial charge in [-0.3, -0.25) is 18.9 Å². The highest BCUT2D eigenvalue weighted by atomic mass is 32.2. The first kappa shape index (κ1) is 22.8. The molecule has 0 unspecified atom stereocenters. The topological polar surface area (TPSA) is 104 Å². The van der Waals surface area contributed by atoms with E-state index in [4.69, 9.17) is 0 Å². The summed E-state index contributed by atoms with van der Waals surface area (Å²) in [5.41, 5.74) is 1.64. The maximum absolute atomic E-state index is 12.9. The van der Waals surface area contributed by atoms with Crippen LogP contribution < -0.4 is 10.3 Å². The van der Waals surface area contributed by atoms with Gasteiger partial charge in [-0.2, -0.15) is 0 Å². The van der Waals surface area contributed by atoms with Gasteiger partial charge in [0, 0.05) is 57.1 Å². The van der Waals surface area contributed by atoms with Crippen molar-refractivity contribution >= 4 is 21.6 Å². The van der Waals surface area contributed by atoms with Crippen molar-refractivity contribution in [1.82, 2.24) is 23.9 Å². The number of aromatic nitrogens is 2. The van der Waals surface area contributed by atoms with Crippen molar-refractivity contribution < 1.29 is 13.2 Å². The van der Waals surface area contributed by atoms with E-state index in [1.807, 2.05) is 6.07 Å². The van der Waals surface area contributed by atoms with Crippen molar-refractivity contribution in [2.24, 2.45) is 0 Å². The molecule has 9 nitrogen and oxygen atoms in total. The number of carbonyl (C=O) groups is 1. The minimum atomic E-state index is -3.63. The van der Waals surface area contributed by atoms with Gasteiger partial charge in [0.1, 0.15) is 5.65 Å². The number of sulfonamides is 1. The van der Waals surface area contributed by atoms with E-state index in [2.05, 4.69) is 21.2 Å². The van der Waals surface area contributed by atoms with E-state index in [0.717, 1.165) is 0 Å². The van der Waals surface area contributed by atoms with E-state index in [1.54, 1.807) is 29.3 Å². The number of amides is 1. The van der Waals surface area contributed by atoms with Gasteiger partial charge in [0.05, 0.1) is 10.6 Å². The summed E-state index contributed by atoms with van der Waals surface area (Å²) in [6.45, 7) is 6.54. The Kier molecular flexibility index (Phi) is 6.68. The summed E-state index contributed by atoms with van der Waals surface area (Å²) in [6.07, 6.45) is 3.16. The molecule has 0 spiro atoms. The zero-order valence-corrected chi connectivity index (χ0v) is 18.9. The molecule has 33 heavy (non-hydrogen) atoms. The zero-order valence-electron chi connectivity index (χ0n) is 18.1. The van der Waals surface area contributed by atoms with Crippen molar-refractivity contribution in [3.05, 3.63) is 89.0 Å². The molecule has 172 valence electrons. The van der Waals surface area contributed by atoms with Gasteiger partial charge in [0.25, 0.3) is 11.5 Å². The monoisotopic (exact) mass is 467 g/mol. The fourth-order valence-electron chi connectivity index (χ4n) is 3.73. The number of hydrogen-bond donors (Lipinski definition) is 1. The summed E-state index contributed by atoms with van der Waals surface area (Å²) in [6, 6.07) is 12.9. The molecule has 0 saturated carbocycles. The fourth-order valence-corrected chi connectivity index (χ4v) is 4.73. The molecule has 4 rings (SSSR count). The van der Waals surface area contributed by atoms with Gasteiger partial charge in [-0.1, -0.05) is 12.1 Å². The van der Waals surface area contributed by atoms with Crippen molar-refractivity contribution in [3.8, 4) is 0 Å². The third kappa shape index (κ3) is 5.19. The van der Waals surface area contributed by atoms with E-state index in [1.165, 1.54) is 34.7 Å². The molecule has 0 atom stereocenters. The minimum Gasteiger partial charge on any atom is -0.336 e. The second kappa shape index (κ2) is 9.65. The van der Waals surface area contributed by atoms with E-state index >= 15 is 0 Å². The number of pyridine rings is 1. The van der Waals surface area contributed by atoms with Gasteiger partial charge in [0.2, 0.25) is 10.0 Å². The molecule has 3 aromatic rings. The zero-order chi connectivity index (χ0) is 23.4. The van der Waals surface area contributed by atoms with E-state index in [-0.39, 0.29) is 22.9 Å². The van der Waals surface area contributed by atoms with Crippen LogP contribution in [0.4, 0.5) is 0 Å². The van der Waals surface area contributed by atoms with Gasteiger partial charge >= 0.3 is 0 Å². The number of piperazine rings is 1. The third-order valence-corrected chi connectivity index (χ3v) is 6.94. The molecule has 1 aliphatic rings. The number of nitrogens with zero attached hydrogens (tertiary/aromatic N) is 4. The second-order valence-corrected chi connectivity index (χ2v) is 9.51. The Labute approximate surface area is 192 Å². The smallest absolute Gasteiger partial charge is 0.258 e. The van der Waals surface area contributed by atoms with Crippen molar-refractivity contribution in [2.75, 3.05) is 32.7 Å². The maximum atomic E-state index is 12.9. The molecule has 1 saturated heterocycles. The lowest BCUT2D eigenvalue weighted by Gasteiger charge is -2.34. The molecular weight excluding hydrogens is 442 g/mol. The van der Waals surface area contributed by atoms with Gasteiger partial charge in [0.15, 0.2) is 0 Å². The van der Waals surface area contributed by atoms with Crippen LogP contribution in [0.3, 0.4) is 0 Å². The molecule has 1 aromatic carbocycles. The maximum Gasteiger partial charge on any atom is 0.258 e. The Balaban J connectivity index is 1.36. The number of nitrogens with one attached hydrogen (secondary N) is 1. The minimum absolute atomic E-state index is 0.101. The van der Waals surface area contributed by atoms with Crippen LogP contribution in [0.2, 0.25) is 0 Å². The van der Waals surface area contributed by atoms with Crippen molar-refractivity contribution in [1.29, 1.82) is 0 Å². The molecule has 0 aliphatic carbocycles. The molecule has 10 heteroatoms. The van der Waals surface area contributed by atoms with Crippen LogP contribution in [-0.2, 0) is 16.6 Å². The van der Waals surface area contributed by atoms with Crippen LogP contribution in [0.15, 0.2) is 77.1 Å². The highest BCUT2D eigenvalue weighted by Gasteiger charge is 2.23. The quantitative estimate of drug-likeness (QED) is 0.522. The lowest BCUT2D eigenvalue weighted by atomic mass is 10.2. The standard InChI is InChI=1S/C23H25N5O4S/c1-2-10-24-33(31,32)20-8-6-18(7-9-20)23(30)27-14-12-26(13-15-27)17-19-16-22(29)28-11-4-3-5-21(28)25-19/h2-9,11,16,24H,1,10,12-15,17H2. The molecular formula is C23H25N5O4S. The van der Waals surface area contributed by atoms with Gasteiger partial charge in [-0.05, 0) is 36.4 Å². The molecule has 1 amide bonds. The Morgan fingerprint density at radius 1 is 1.09 bits per heavy atom. The van der Waals surface area contributed by atoms with Crippen LogP contribution in [0.5, 0.6) is 0 Å². The normalized spacial score (nSPS) is 15.0. The van der Waals surface area contributed by atoms with Crippen molar-refractivity contribution in [2.45, 2.75) is 11.4 Å². The van der Waals surface area contributed by atoms with E-state index in [0.29, 0.717) is 49.6 Å². The first-order chi connectivity index (χ1) is 15.9. The first-order valence-corrected chi connectivity index (χ1v) is 12.1. The van der Waals surface area contributed by atoms with Crippen LogP contribution >= 0.6 is 0 Å². The highest BCUT2D eigenvalue weighted by Crippen LogP contribution is 2.14. The highest BCUT2D eigenvalue weighted by molar-refractivity contribution is 7.89. The summed E-state index contributed by atoms with van der Waals surface area (Å²) in [4.78, 5) is 33.7. The Morgan fingerprint density at radius 2 is 1.82 bits per heavy atom. The summed E-state index contributed by atoms with van der Waals surface area (Å²) < 4.78 is 28.2. The number of benzene rings is 1. The number of carbonyl (C=O) groups excluding carboxylic acids is 1. The predicted octanol–water partition coefficient (Wildman–Crippen LogP) is 1.12. The van der Waals surface area contributed by atoms with Crippen molar-refractivity contribution in [3.63, 3.8) is 0 Å². The summed E-state index contributed by atoms with van der Waals surface area (Å²) in [7, 11) is -3.63. The first-order valence-electron chi connectivity index (χ1n) is 10.6. The number of hydrogen-bond acceptors (Lipinski definition) is 6. The average molecular weight is 468 g/mol. The van der Waals surface area contributed by atoms with Crippen LogP contribution in [0.1, 0.15) is 16.1 Å². The van der Waals surface area contributed by atoms with Crippen LogP contribution in [0, 0.1) is 0 Å². The summed E-state index contributed by atoms with van der Waals surface area (Å²) in [5, 5.41) is 0. The van der Waals surface area contributed by atoms with Gasteiger partial charge < -0.3 is 4.90 Å². The lowest BCUT2D eigenvalue weighted by molar-refractivity contribution is 0.0627. The largest absolute Gasteiger partial charge is 0.336 e. The Bertz CT molecular complexity index is 1330. The molecule has 2 aromatic heterocycles. The molecule has 0 radical (unpaired) electrons. The lowest BCUT2D eigenvalue weighted by Crippen LogP contribution is -2.48. The van der Waals surface area contributed by atoms with Crippen LogP contribution in [-0.4, -0.2) is 66.2 Å². The SMILES string of the molecule is C=CCNS(=O)(=O)c1ccc(C(=O)N2CCN(Cc3cc(=O)n4ccccc4n3)CC2)cc1. The molecule has 0 bridgehead atoms. The summed E-state index contributed by atoms with van der Waals surface area (Å²) in [5.74, 6) is -0.139. The van der Waals surface area contributed by atoms with E-state index in [9.17, 15) is 18.0 Å². The number of fused-ring (bicyclic) bond motifs is 1. The molecule has 3 heterocycles. The third-order valence-electron chi connectivity index (χ3n) is 5.50. The average Bonchev–Trinajstić information content (AvgIpc) is 2.83. The molecule has 1 aliphatic heterocycles. The Morgan fingerprint density at radius 3 is 2.52 bits per heavy atom. The molecule has 1 fully saturated rings. The Hall–Kier alpha value is -3.34. The van der Waals surface area contributed by atoms with E-state index < -0.39 is 10.0 Å². The van der Waals surface area contributed by atoms with Gasteiger partial charge in [-0.15, -0.1) is 6.58 Å². The van der Waals surface area contributed by atoms with Gasteiger partial charge in [-0.25, -0.2) is 18.1 Å². The number of rotatable bonds is 7.